The Morgan fingerprint density at radius 2 is 1.96 bits per heavy atom. The predicted octanol–water partition coefficient (Wildman–Crippen LogP) is 4.10. The third-order valence-corrected chi connectivity index (χ3v) is 4.61. The standard InChI is InChI=1S/C16H12BrFN4OS/c17-11-6-2-1-5-10(11)15-20-16(22-21-15)24-9-14(23)19-13-8-4-3-7-12(13)18/h1-8H,9H2,(H,19,23)(H,20,21,22). The van der Waals surface area contributed by atoms with Crippen LogP contribution in [-0.4, -0.2) is 26.8 Å². The number of aromatic amines is 1. The van der Waals surface area contributed by atoms with Crippen LogP contribution < -0.4 is 5.32 Å². The molecule has 3 rings (SSSR count). The fourth-order valence-electron chi connectivity index (χ4n) is 1.96. The fraction of sp³-hybridized carbons (Fsp3) is 0.0625. The molecule has 0 fully saturated rings. The molecule has 2 N–H and O–H groups in total. The molecule has 0 aliphatic carbocycles. The summed E-state index contributed by atoms with van der Waals surface area (Å²) in [5.41, 5.74) is 1.04. The first kappa shape index (κ1) is 16.7. The monoisotopic (exact) mass is 406 g/mol. The number of rotatable bonds is 5. The lowest BCUT2D eigenvalue weighted by atomic mass is 10.2. The zero-order valence-corrected chi connectivity index (χ0v) is 14.7. The molecule has 1 amide bonds. The number of amides is 1. The lowest BCUT2D eigenvalue weighted by molar-refractivity contribution is -0.113. The van der Waals surface area contributed by atoms with Gasteiger partial charge in [0.15, 0.2) is 5.82 Å². The largest absolute Gasteiger partial charge is 0.323 e. The number of benzene rings is 2. The van der Waals surface area contributed by atoms with Crippen LogP contribution >= 0.6 is 27.7 Å². The fourth-order valence-corrected chi connectivity index (χ4v) is 3.03. The number of hydrogen-bond acceptors (Lipinski definition) is 4. The van der Waals surface area contributed by atoms with Crippen LogP contribution in [0.3, 0.4) is 0 Å². The molecule has 5 nitrogen and oxygen atoms in total. The van der Waals surface area contributed by atoms with Gasteiger partial charge in [-0.25, -0.2) is 9.37 Å². The SMILES string of the molecule is O=C(CSc1n[nH]c(-c2ccccc2Br)n1)Nc1ccccc1F. The number of anilines is 1. The number of para-hydroxylation sites is 1. The quantitative estimate of drug-likeness (QED) is 0.625. The molecular weight excluding hydrogens is 395 g/mol. The van der Waals surface area contributed by atoms with Crippen LogP contribution in [-0.2, 0) is 4.79 Å². The van der Waals surface area contributed by atoms with E-state index in [0.29, 0.717) is 11.0 Å². The summed E-state index contributed by atoms with van der Waals surface area (Å²) in [5.74, 6) is -0.0940. The van der Waals surface area contributed by atoms with E-state index in [0.717, 1.165) is 10.0 Å². The van der Waals surface area contributed by atoms with Gasteiger partial charge < -0.3 is 5.32 Å². The van der Waals surface area contributed by atoms with E-state index in [9.17, 15) is 9.18 Å². The predicted molar refractivity (Wildman–Crippen MR) is 95.3 cm³/mol. The van der Waals surface area contributed by atoms with Gasteiger partial charge in [0.25, 0.3) is 0 Å². The molecule has 1 aromatic heterocycles. The van der Waals surface area contributed by atoms with E-state index < -0.39 is 5.82 Å². The van der Waals surface area contributed by atoms with E-state index in [1.807, 2.05) is 24.3 Å². The average molecular weight is 407 g/mol. The van der Waals surface area contributed by atoms with Crippen molar-refractivity contribution in [1.29, 1.82) is 0 Å². The molecule has 24 heavy (non-hydrogen) atoms. The van der Waals surface area contributed by atoms with Gasteiger partial charge in [0.2, 0.25) is 11.1 Å². The summed E-state index contributed by atoms with van der Waals surface area (Å²) in [5, 5.41) is 9.89. The summed E-state index contributed by atoms with van der Waals surface area (Å²) in [6.45, 7) is 0. The highest BCUT2D eigenvalue weighted by atomic mass is 79.9. The Morgan fingerprint density at radius 3 is 2.75 bits per heavy atom. The normalized spacial score (nSPS) is 10.6. The van der Waals surface area contributed by atoms with Crippen molar-refractivity contribution in [2.24, 2.45) is 0 Å². The third-order valence-electron chi connectivity index (χ3n) is 3.07. The van der Waals surface area contributed by atoms with Crippen molar-refractivity contribution in [2.45, 2.75) is 5.16 Å². The molecule has 8 heteroatoms. The molecule has 0 bridgehead atoms. The number of H-pyrrole nitrogens is 1. The molecule has 2 aromatic carbocycles. The molecule has 1 heterocycles. The lowest BCUT2D eigenvalue weighted by Gasteiger charge is -2.04. The average Bonchev–Trinajstić information content (AvgIpc) is 3.04. The summed E-state index contributed by atoms with van der Waals surface area (Å²) in [4.78, 5) is 16.2. The highest BCUT2D eigenvalue weighted by Gasteiger charge is 2.11. The summed E-state index contributed by atoms with van der Waals surface area (Å²) in [7, 11) is 0. The molecule has 0 aliphatic heterocycles. The number of carbonyl (C=O) groups excluding carboxylic acids is 1. The first-order valence-electron chi connectivity index (χ1n) is 6.98. The third kappa shape index (κ3) is 4.01. The topological polar surface area (TPSA) is 70.7 Å². The number of halogens is 2. The van der Waals surface area contributed by atoms with E-state index in [4.69, 9.17) is 0 Å². The van der Waals surface area contributed by atoms with Crippen molar-refractivity contribution in [1.82, 2.24) is 15.2 Å². The smallest absolute Gasteiger partial charge is 0.234 e. The summed E-state index contributed by atoms with van der Waals surface area (Å²) in [6, 6.07) is 13.7. The number of thioether (sulfide) groups is 1. The zero-order valence-electron chi connectivity index (χ0n) is 12.3. The van der Waals surface area contributed by atoms with Crippen molar-refractivity contribution >= 4 is 39.3 Å². The maximum atomic E-state index is 13.5. The van der Waals surface area contributed by atoms with Crippen LogP contribution in [0.25, 0.3) is 11.4 Å². The van der Waals surface area contributed by atoms with Crippen molar-refractivity contribution in [3.63, 3.8) is 0 Å². The Bertz CT molecular complexity index is 871. The van der Waals surface area contributed by atoms with E-state index in [-0.39, 0.29) is 17.3 Å². The van der Waals surface area contributed by atoms with E-state index in [2.05, 4.69) is 36.4 Å². The minimum atomic E-state index is -0.468. The first-order chi connectivity index (χ1) is 11.6. The van der Waals surface area contributed by atoms with E-state index in [1.54, 1.807) is 12.1 Å². The summed E-state index contributed by atoms with van der Waals surface area (Å²) >= 11 is 4.63. The summed E-state index contributed by atoms with van der Waals surface area (Å²) in [6.07, 6.45) is 0. The second-order valence-corrected chi connectivity index (χ2v) is 6.56. The Balaban J connectivity index is 1.61. The number of nitrogens with one attached hydrogen (secondary N) is 2. The maximum Gasteiger partial charge on any atom is 0.234 e. The van der Waals surface area contributed by atoms with Crippen LogP contribution in [0.4, 0.5) is 10.1 Å². The maximum absolute atomic E-state index is 13.5. The molecule has 122 valence electrons. The molecule has 0 spiro atoms. The highest BCUT2D eigenvalue weighted by Crippen LogP contribution is 2.26. The second kappa shape index (κ2) is 7.59. The van der Waals surface area contributed by atoms with Crippen molar-refractivity contribution < 1.29 is 9.18 Å². The van der Waals surface area contributed by atoms with Crippen molar-refractivity contribution in [2.75, 3.05) is 11.1 Å². The van der Waals surface area contributed by atoms with Crippen LogP contribution in [0.2, 0.25) is 0 Å². The molecule has 0 atom stereocenters. The second-order valence-electron chi connectivity index (χ2n) is 4.76. The number of nitrogens with zero attached hydrogens (tertiary/aromatic N) is 2. The van der Waals surface area contributed by atoms with Gasteiger partial charge in [-0.3, -0.25) is 9.89 Å². The van der Waals surface area contributed by atoms with E-state index in [1.165, 1.54) is 23.9 Å². The van der Waals surface area contributed by atoms with Crippen molar-refractivity contribution in [3.8, 4) is 11.4 Å². The van der Waals surface area contributed by atoms with Gasteiger partial charge in [-0.05, 0) is 18.2 Å². The van der Waals surface area contributed by atoms with Gasteiger partial charge in [-0.1, -0.05) is 58.0 Å². The molecule has 3 aromatic rings. The van der Waals surface area contributed by atoms with Gasteiger partial charge in [0.1, 0.15) is 5.82 Å². The molecule has 0 radical (unpaired) electrons. The minimum absolute atomic E-state index is 0.0849. The highest BCUT2D eigenvalue weighted by molar-refractivity contribution is 9.10. The van der Waals surface area contributed by atoms with Gasteiger partial charge in [-0.2, -0.15) is 0 Å². The Labute approximate surface area is 150 Å². The minimum Gasteiger partial charge on any atom is -0.323 e. The van der Waals surface area contributed by atoms with Crippen molar-refractivity contribution in [3.05, 3.63) is 58.8 Å². The summed E-state index contributed by atoms with van der Waals surface area (Å²) < 4.78 is 14.4. The molecule has 0 saturated carbocycles. The van der Waals surface area contributed by atoms with Crippen LogP contribution in [0.15, 0.2) is 58.2 Å². The number of carbonyl (C=O) groups is 1. The van der Waals surface area contributed by atoms with Gasteiger partial charge in [-0.15, -0.1) is 5.10 Å². The Kier molecular flexibility index (Phi) is 5.27. The van der Waals surface area contributed by atoms with Gasteiger partial charge in [0.05, 0.1) is 11.4 Å². The molecule has 0 saturated heterocycles. The lowest BCUT2D eigenvalue weighted by Crippen LogP contribution is -2.15. The zero-order chi connectivity index (χ0) is 16.9. The van der Waals surface area contributed by atoms with Crippen LogP contribution in [0.5, 0.6) is 0 Å². The Morgan fingerprint density at radius 1 is 1.21 bits per heavy atom. The number of aromatic nitrogens is 3. The molecule has 0 unspecified atom stereocenters. The van der Waals surface area contributed by atoms with Gasteiger partial charge in [0, 0.05) is 10.0 Å². The number of hydrogen-bond donors (Lipinski definition) is 2. The van der Waals surface area contributed by atoms with Crippen LogP contribution in [0, 0.1) is 5.82 Å². The Hall–Kier alpha value is -2.19. The van der Waals surface area contributed by atoms with Gasteiger partial charge >= 0.3 is 0 Å². The first-order valence-corrected chi connectivity index (χ1v) is 8.76. The van der Waals surface area contributed by atoms with Crippen LogP contribution in [0.1, 0.15) is 0 Å². The van der Waals surface area contributed by atoms with E-state index >= 15 is 0 Å². The molecular formula is C16H12BrFN4OS. The molecule has 0 aliphatic rings.